The lowest BCUT2D eigenvalue weighted by atomic mass is 10.1. The van der Waals surface area contributed by atoms with Gasteiger partial charge in [0.25, 0.3) is 0 Å². The number of aliphatic hydroxyl groups excluding tert-OH is 1. The molecular weight excluding hydrogens is 284 g/mol. The summed E-state index contributed by atoms with van der Waals surface area (Å²) in [4.78, 5) is 27.1. The number of hydrogen-bond acceptors (Lipinski definition) is 4. The topological polar surface area (TPSA) is 70.1 Å². The number of benzene rings is 1. The van der Waals surface area contributed by atoms with Gasteiger partial charge in [0.15, 0.2) is 0 Å². The number of β-amino-alcohol motifs (C(OH)–C–C–N with tert-alkyl or cyclic N) is 1. The van der Waals surface area contributed by atoms with Crippen molar-refractivity contribution in [2.24, 2.45) is 0 Å². The van der Waals surface area contributed by atoms with Gasteiger partial charge in [0.2, 0.25) is 11.8 Å². The van der Waals surface area contributed by atoms with E-state index in [-0.39, 0.29) is 38.1 Å². The Bertz CT molecular complexity index is 529. The highest BCUT2D eigenvalue weighted by atomic mass is 16.5. The zero-order chi connectivity index (χ0) is 16.1. The van der Waals surface area contributed by atoms with Crippen molar-refractivity contribution in [3.8, 4) is 0 Å². The van der Waals surface area contributed by atoms with Crippen LogP contribution >= 0.6 is 0 Å². The molecular formula is C16H22N2O4. The van der Waals surface area contributed by atoms with Gasteiger partial charge in [-0.3, -0.25) is 9.59 Å². The minimum atomic E-state index is -0.752. The van der Waals surface area contributed by atoms with Crippen LogP contribution in [0.15, 0.2) is 24.3 Å². The summed E-state index contributed by atoms with van der Waals surface area (Å²) >= 11 is 0. The summed E-state index contributed by atoms with van der Waals surface area (Å²) in [6.07, 6.45) is -0.752. The zero-order valence-electron chi connectivity index (χ0n) is 13.0. The van der Waals surface area contributed by atoms with Crippen molar-refractivity contribution < 1.29 is 19.4 Å². The van der Waals surface area contributed by atoms with Crippen molar-refractivity contribution in [1.82, 2.24) is 9.80 Å². The molecule has 1 aliphatic rings. The summed E-state index contributed by atoms with van der Waals surface area (Å²) < 4.78 is 4.80. The van der Waals surface area contributed by atoms with Gasteiger partial charge >= 0.3 is 0 Å². The van der Waals surface area contributed by atoms with Gasteiger partial charge in [-0.2, -0.15) is 0 Å². The monoisotopic (exact) mass is 306 g/mol. The van der Waals surface area contributed by atoms with Crippen LogP contribution in [0.3, 0.4) is 0 Å². The summed E-state index contributed by atoms with van der Waals surface area (Å²) in [7, 11) is 1.43. The number of carbonyl (C=O) groups excluding carboxylic acids is 2. The lowest BCUT2D eigenvalue weighted by Crippen LogP contribution is -2.41. The molecule has 0 radical (unpaired) electrons. The van der Waals surface area contributed by atoms with Crippen LogP contribution in [0.4, 0.5) is 0 Å². The van der Waals surface area contributed by atoms with Crippen LogP contribution in [0.5, 0.6) is 0 Å². The maximum absolute atomic E-state index is 12.3. The molecule has 1 atom stereocenters. The summed E-state index contributed by atoms with van der Waals surface area (Å²) in [6, 6.07) is 7.91. The number of hydrogen-bond donors (Lipinski definition) is 1. The SMILES string of the molecule is COCC(=O)N1CC(=O)N(Cc2ccc(C)cc2)CC(O)C1. The first-order valence-electron chi connectivity index (χ1n) is 7.27. The van der Waals surface area contributed by atoms with E-state index in [2.05, 4.69) is 0 Å². The van der Waals surface area contributed by atoms with Crippen molar-refractivity contribution in [3.05, 3.63) is 35.4 Å². The molecule has 0 aliphatic carbocycles. The first-order chi connectivity index (χ1) is 10.5. The minimum absolute atomic E-state index is 0.0227. The van der Waals surface area contributed by atoms with E-state index in [1.54, 1.807) is 4.90 Å². The molecule has 1 saturated heterocycles. The second-order valence-electron chi connectivity index (χ2n) is 5.62. The molecule has 1 unspecified atom stereocenters. The number of aryl methyl sites for hydroxylation is 1. The second-order valence-corrected chi connectivity index (χ2v) is 5.62. The Morgan fingerprint density at radius 1 is 1.32 bits per heavy atom. The fraction of sp³-hybridized carbons (Fsp3) is 0.500. The Labute approximate surface area is 130 Å². The van der Waals surface area contributed by atoms with Crippen LogP contribution in [-0.2, 0) is 20.9 Å². The first-order valence-corrected chi connectivity index (χ1v) is 7.27. The van der Waals surface area contributed by atoms with E-state index < -0.39 is 6.10 Å². The highest BCUT2D eigenvalue weighted by Crippen LogP contribution is 2.12. The van der Waals surface area contributed by atoms with Crippen molar-refractivity contribution in [1.29, 1.82) is 0 Å². The fourth-order valence-corrected chi connectivity index (χ4v) is 2.47. The normalized spacial score (nSPS) is 19.2. The van der Waals surface area contributed by atoms with E-state index in [1.165, 1.54) is 12.0 Å². The van der Waals surface area contributed by atoms with E-state index in [0.717, 1.165) is 11.1 Å². The van der Waals surface area contributed by atoms with Crippen LogP contribution < -0.4 is 0 Å². The molecule has 1 aliphatic heterocycles. The number of carbonyl (C=O) groups is 2. The van der Waals surface area contributed by atoms with Crippen LogP contribution in [0, 0.1) is 6.92 Å². The van der Waals surface area contributed by atoms with Crippen LogP contribution in [0.25, 0.3) is 0 Å². The molecule has 0 bridgehead atoms. The van der Waals surface area contributed by atoms with Gasteiger partial charge in [0.05, 0.1) is 12.6 Å². The van der Waals surface area contributed by atoms with Gasteiger partial charge in [-0.05, 0) is 12.5 Å². The van der Waals surface area contributed by atoms with Crippen LogP contribution in [-0.4, -0.2) is 66.2 Å². The molecule has 0 saturated carbocycles. The van der Waals surface area contributed by atoms with Crippen LogP contribution in [0.2, 0.25) is 0 Å². The molecule has 0 aromatic heterocycles. The number of methoxy groups -OCH3 is 1. The fourth-order valence-electron chi connectivity index (χ4n) is 2.47. The van der Waals surface area contributed by atoms with Gasteiger partial charge in [0, 0.05) is 26.7 Å². The highest BCUT2D eigenvalue weighted by Gasteiger charge is 2.29. The third kappa shape index (κ3) is 4.29. The lowest BCUT2D eigenvalue weighted by molar-refractivity contribution is -0.141. The van der Waals surface area contributed by atoms with Crippen molar-refractivity contribution in [3.63, 3.8) is 0 Å². The highest BCUT2D eigenvalue weighted by molar-refractivity contribution is 5.85. The lowest BCUT2D eigenvalue weighted by Gasteiger charge is -2.22. The van der Waals surface area contributed by atoms with E-state index in [4.69, 9.17) is 4.74 Å². The molecule has 1 fully saturated rings. The molecule has 6 heteroatoms. The molecule has 2 amide bonds. The first kappa shape index (κ1) is 16.5. The average molecular weight is 306 g/mol. The van der Waals surface area contributed by atoms with E-state index >= 15 is 0 Å². The van der Waals surface area contributed by atoms with Gasteiger partial charge in [-0.1, -0.05) is 29.8 Å². The molecule has 2 rings (SSSR count). The van der Waals surface area contributed by atoms with Crippen molar-refractivity contribution in [2.45, 2.75) is 19.6 Å². The largest absolute Gasteiger partial charge is 0.389 e. The van der Waals surface area contributed by atoms with E-state index in [1.807, 2.05) is 31.2 Å². The molecule has 120 valence electrons. The predicted octanol–water partition coefficient (Wildman–Crippen LogP) is 0.173. The maximum atomic E-state index is 12.3. The maximum Gasteiger partial charge on any atom is 0.249 e. The standard InChI is InChI=1S/C16H22N2O4/c1-12-3-5-13(6-4-12)7-17-8-14(19)9-18(10-15(17)20)16(21)11-22-2/h3-6,14,19H,7-11H2,1-2H3. The van der Waals surface area contributed by atoms with E-state index in [9.17, 15) is 14.7 Å². The molecule has 6 nitrogen and oxygen atoms in total. The van der Waals surface area contributed by atoms with Gasteiger partial charge in [-0.15, -0.1) is 0 Å². The molecule has 1 heterocycles. The number of ether oxygens (including phenoxy) is 1. The molecule has 1 aromatic rings. The average Bonchev–Trinajstić information content (AvgIpc) is 2.61. The Kier molecular flexibility index (Phi) is 5.51. The quantitative estimate of drug-likeness (QED) is 0.861. The Morgan fingerprint density at radius 3 is 2.64 bits per heavy atom. The Hall–Kier alpha value is -1.92. The number of rotatable bonds is 4. The zero-order valence-corrected chi connectivity index (χ0v) is 13.0. The Balaban J connectivity index is 2.05. The molecule has 1 N–H and O–H groups in total. The summed E-state index contributed by atoms with van der Waals surface area (Å²) in [6.45, 7) is 2.71. The summed E-state index contributed by atoms with van der Waals surface area (Å²) in [5.74, 6) is -0.450. The molecule has 22 heavy (non-hydrogen) atoms. The predicted molar refractivity (Wildman–Crippen MR) is 81.1 cm³/mol. The van der Waals surface area contributed by atoms with Crippen LogP contribution in [0.1, 0.15) is 11.1 Å². The third-order valence-corrected chi connectivity index (χ3v) is 3.66. The van der Waals surface area contributed by atoms with E-state index in [0.29, 0.717) is 6.54 Å². The molecule has 0 spiro atoms. The molecule has 1 aromatic carbocycles. The number of nitrogens with zero attached hydrogens (tertiary/aromatic N) is 2. The summed E-state index contributed by atoms with van der Waals surface area (Å²) in [5.41, 5.74) is 2.16. The Morgan fingerprint density at radius 2 is 2.00 bits per heavy atom. The van der Waals surface area contributed by atoms with Gasteiger partial charge in [-0.25, -0.2) is 0 Å². The number of amides is 2. The number of aliphatic hydroxyl groups is 1. The summed E-state index contributed by atoms with van der Waals surface area (Å²) in [5, 5.41) is 10.1. The smallest absolute Gasteiger partial charge is 0.249 e. The minimum Gasteiger partial charge on any atom is -0.389 e. The third-order valence-electron chi connectivity index (χ3n) is 3.66. The van der Waals surface area contributed by atoms with Crippen molar-refractivity contribution in [2.75, 3.05) is 33.4 Å². The van der Waals surface area contributed by atoms with Gasteiger partial charge < -0.3 is 19.6 Å². The van der Waals surface area contributed by atoms with Gasteiger partial charge in [0.1, 0.15) is 6.61 Å². The second kappa shape index (κ2) is 7.38. The van der Waals surface area contributed by atoms with Crippen molar-refractivity contribution >= 4 is 11.8 Å².